The number of carbonyl (C=O) groups excluding carboxylic acids is 1. The third kappa shape index (κ3) is 6.34. The van der Waals surface area contributed by atoms with Crippen LogP contribution in [0.15, 0.2) is 28.8 Å². The lowest BCUT2D eigenvalue weighted by molar-refractivity contribution is -0.118. The molecule has 0 radical (unpaired) electrons. The Morgan fingerprint density at radius 1 is 1.23 bits per heavy atom. The molecular weight excluding hydrogens is 370 g/mol. The number of hydrogen-bond acceptors (Lipinski definition) is 5. The Morgan fingerprint density at radius 2 is 1.85 bits per heavy atom. The van der Waals surface area contributed by atoms with Crippen LogP contribution in [0.1, 0.15) is 54.0 Å². The third-order valence-corrected chi connectivity index (χ3v) is 5.17. The van der Waals surface area contributed by atoms with Crippen molar-refractivity contribution in [2.45, 2.75) is 45.4 Å². The molecule has 0 aliphatic heterocycles. The van der Waals surface area contributed by atoms with Gasteiger partial charge in [0.1, 0.15) is 5.76 Å². The summed E-state index contributed by atoms with van der Waals surface area (Å²) in [7, 11) is 0. The van der Waals surface area contributed by atoms with Crippen LogP contribution >= 0.6 is 24.2 Å². The molecule has 5 nitrogen and oxygen atoms in total. The molecule has 0 spiro atoms. The molecule has 3 N–H and O–H groups in total. The Balaban J connectivity index is 0.00000338. The number of rotatable bonds is 8. The largest absolute Gasteiger partial charge is 0.361 e. The van der Waals surface area contributed by atoms with Gasteiger partial charge in [-0.05, 0) is 30.9 Å². The summed E-state index contributed by atoms with van der Waals surface area (Å²) in [5.74, 6) is 2.42. The van der Waals surface area contributed by atoms with Crippen molar-refractivity contribution in [1.29, 1.82) is 0 Å². The van der Waals surface area contributed by atoms with Crippen molar-refractivity contribution in [3.63, 3.8) is 0 Å². The average Bonchev–Trinajstić information content (AvgIpc) is 2.91. The van der Waals surface area contributed by atoms with Crippen LogP contribution in [-0.2, 0) is 10.5 Å². The zero-order chi connectivity index (χ0) is 18.4. The van der Waals surface area contributed by atoms with Crippen molar-refractivity contribution in [2.24, 2.45) is 5.73 Å². The summed E-state index contributed by atoms with van der Waals surface area (Å²) in [6.07, 6.45) is 0. The number of hydrogen-bond donors (Lipinski definition) is 2. The summed E-state index contributed by atoms with van der Waals surface area (Å²) in [5, 5.41) is 6.82. The lowest BCUT2D eigenvalue weighted by Crippen LogP contribution is -2.33. The van der Waals surface area contributed by atoms with Crippen LogP contribution in [-0.4, -0.2) is 23.4 Å². The fourth-order valence-electron chi connectivity index (χ4n) is 2.47. The van der Waals surface area contributed by atoms with Gasteiger partial charge in [0.2, 0.25) is 5.91 Å². The highest BCUT2D eigenvalue weighted by atomic mass is 35.5. The molecule has 0 aliphatic carbocycles. The van der Waals surface area contributed by atoms with E-state index in [4.69, 9.17) is 10.3 Å². The van der Waals surface area contributed by atoms with Crippen molar-refractivity contribution in [3.05, 3.63) is 52.4 Å². The van der Waals surface area contributed by atoms with Crippen molar-refractivity contribution < 1.29 is 9.32 Å². The molecule has 7 heteroatoms. The zero-order valence-electron chi connectivity index (χ0n) is 15.7. The molecule has 2 aromatic rings. The smallest absolute Gasteiger partial charge is 0.230 e. The van der Waals surface area contributed by atoms with E-state index in [2.05, 4.69) is 36.5 Å². The fourth-order valence-corrected chi connectivity index (χ4v) is 3.48. The summed E-state index contributed by atoms with van der Waals surface area (Å²) in [5.41, 5.74) is 10.5. The van der Waals surface area contributed by atoms with Gasteiger partial charge < -0.3 is 15.6 Å². The first-order valence-corrected chi connectivity index (χ1v) is 9.65. The van der Waals surface area contributed by atoms with E-state index in [1.165, 1.54) is 5.56 Å². The van der Waals surface area contributed by atoms with Gasteiger partial charge >= 0.3 is 0 Å². The maximum Gasteiger partial charge on any atom is 0.230 e. The first-order chi connectivity index (χ1) is 11.9. The predicted octanol–water partition coefficient (Wildman–Crippen LogP) is 3.89. The van der Waals surface area contributed by atoms with Crippen LogP contribution in [0, 0.1) is 13.8 Å². The molecule has 1 aromatic carbocycles. The van der Waals surface area contributed by atoms with Gasteiger partial charge in [-0.1, -0.05) is 43.3 Å². The topological polar surface area (TPSA) is 81.2 Å². The quantitative estimate of drug-likeness (QED) is 0.706. The predicted molar refractivity (Wildman–Crippen MR) is 110 cm³/mol. The van der Waals surface area contributed by atoms with Gasteiger partial charge in [0.15, 0.2) is 0 Å². The lowest BCUT2D eigenvalue weighted by atomic mass is 9.99. The number of benzene rings is 1. The van der Waals surface area contributed by atoms with E-state index in [-0.39, 0.29) is 24.4 Å². The normalized spacial score (nSPS) is 11.9. The standard InChI is InChI=1S/C19H27N3O2S.ClH/c1-12(2)15-5-7-16(8-6-15)18(20)9-21-19(23)11-25-10-17-13(3)22-24-14(17)4;/h5-8,12,18H,9-11,20H2,1-4H3,(H,21,23);1H. The minimum Gasteiger partial charge on any atom is -0.361 e. The average molecular weight is 398 g/mol. The summed E-state index contributed by atoms with van der Waals surface area (Å²) in [6, 6.07) is 8.08. The first-order valence-electron chi connectivity index (χ1n) is 8.50. The number of aromatic nitrogens is 1. The highest BCUT2D eigenvalue weighted by Crippen LogP contribution is 2.19. The Hall–Kier alpha value is -1.50. The van der Waals surface area contributed by atoms with Crippen LogP contribution in [0.4, 0.5) is 0 Å². The van der Waals surface area contributed by atoms with E-state index in [1.807, 2.05) is 26.0 Å². The van der Waals surface area contributed by atoms with E-state index in [0.29, 0.717) is 18.2 Å². The minimum atomic E-state index is -0.197. The van der Waals surface area contributed by atoms with Crippen LogP contribution in [0.25, 0.3) is 0 Å². The molecule has 1 aromatic heterocycles. The monoisotopic (exact) mass is 397 g/mol. The Bertz CT molecular complexity index is 682. The molecular formula is C19H28ClN3O2S. The summed E-state index contributed by atoms with van der Waals surface area (Å²) in [4.78, 5) is 12.0. The van der Waals surface area contributed by atoms with E-state index in [9.17, 15) is 4.79 Å². The number of carbonyl (C=O) groups is 1. The van der Waals surface area contributed by atoms with Crippen LogP contribution in [0.2, 0.25) is 0 Å². The summed E-state index contributed by atoms with van der Waals surface area (Å²) >= 11 is 1.55. The van der Waals surface area contributed by atoms with Crippen LogP contribution in [0.3, 0.4) is 0 Å². The molecule has 0 aliphatic rings. The van der Waals surface area contributed by atoms with Gasteiger partial charge in [-0.15, -0.1) is 24.2 Å². The first kappa shape index (κ1) is 22.5. The van der Waals surface area contributed by atoms with E-state index in [1.54, 1.807) is 11.8 Å². The van der Waals surface area contributed by atoms with Crippen molar-refractivity contribution in [1.82, 2.24) is 10.5 Å². The van der Waals surface area contributed by atoms with Gasteiger partial charge in [-0.25, -0.2) is 0 Å². The molecule has 1 amide bonds. The number of halogens is 1. The number of aryl methyl sites for hydroxylation is 2. The fraction of sp³-hybridized carbons (Fsp3) is 0.474. The highest BCUT2D eigenvalue weighted by molar-refractivity contribution is 7.99. The molecule has 1 heterocycles. The summed E-state index contributed by atoms with van der Waals surface area (Å²) < 4.78 is 5.12. The number of nitrogens with two attached hydrogens (primary N) is 1. The molecule has 0 saturated carbocycles. The Labute approximate surface area is 165 Å². The Kier molecular flexibility index (Phi) is 9.19. The minimum absolute atomic E-state index is 0. The van der Waals surface area contributed by atoms with Gasteiger partial charge in [0.25, 0.3) is 0 Å². The van der Waals surface area contributed by atoms with Gasteiger partial charge in [-0.2, -0.15) is 0 Å². The second kappa shape index (κ2) is 10.6. The lowest BCUT2D eigenvalue weighted by Gasteiger charge is -2.14. The number of nitrogens with one attached hydrogen (secondary N) is 1. The second-order valence-corrected chi connectivity index (χ2v) is 7.51. The zero-order valence-corrected chi connectivity index (χ0v) is 17.4. The second-order valence-electron chi connectivity index (χ2n) is 6.53. The molecule has 26 heavy (non-hydrogen) atoms. The van der Waals surface area contributed by atoms with Gasteiger partial charge in [-0.3, -0.25) is 4.79 Å². The highest BCUT2D eigenvalue weighted by Gasteiger charge is 2.12. The van der Waals surface area contributed by atoms with Gasteiger partial charge in [0.05, 0.1) is 11.4 Å². The molecule has 2 rings (SSSR count). The molecule has 144 valence electrons. The van der Waals surface area contributed by atoms with Gasteiger partial charge in [0, 0.05) is 23.9 Å². The maximum absolute atomic E-state index is 12.0. The molecule has 0 bridgehead atoms. The van der Waals surface area contributed by atoms with E-state index < -0.39 is 0 Å². The molecule has 1 unspecified atom stereocenters. The maximum atomic E-state index is 12.0. The third-order valence-electron chi connectivity index (χ3n) is 4.21. The number of nitrogens with zero attached hydrogens (tertiary/aromatic N) is 1. The van der Waals surface area contributed by atoms with Crippen LogP contribution < -0.4 is 11.1 Å². The van der Waals surface area contributed by atoms with E-state index in [0.717, 1.165) is 28.3 Å². The Morgan fingerprint density at radius 3 is 2.38 bits per heavy atom. The van der Waals surface area contributed by atoms with Crippen molar-refractivity contribution in [3.8, 4) is 0 Å². The summed E-state index contributed by atoms with van der Waals surface area (Å²) in [6.45, 7) is 8.56. The van der Waals surface area contributed by atoms with Crippen molar-refractivity contribution in [2.75, 3.05) is 12.3 Å². The molecule has 0 fully saturated rings. The van der Waals surface area contributed by atoms with Crippen LogP contribution in [0.5, 0.6) is 0 Å². The number of thioether (sulfide) groups is 1. The van der Waals surface area contributed by atoms with E-state index >= 15 is 0 Å². The molecule has 0 saturated heterocycles. The molecule has 1 atom stereocenters. The number of amides is 1. The SMILES string of the molecule is Cc1noc(C)c1CSCC(=O)NCC(N)c1ccc(C(C)C)cc1.Cl. The van der Waals surface area contributed by atoms with Crippen molar-refractivity contribution >= 4 is 30.1 Å².